The zero-order valence-corrected chi connectivity index (χ0v) is 4.81. The quantitative estimate of drug-likeness (QED) is 0.436. The van der Waals surface area contributed by atoms with Crippen LogP contribution in [0.1, 0.15) is 12.8 Å². The number of methoxy groups -OCH3 is 1. The molecule has 2 heteroatoms. The smallest absolute Gasteiger partial charge is 0.157 e. The molecule has 0 spiro atoms. The van der Waals surface area contributed by atoms with Crippen LogP contribution in [0.5, 0.6) is 0 Å². The predicted molar refractivity (Wildman–Crippen MR) is 32.0 cm³/mol. The van der Waals surface area contributed by atoms with E-state index in [1.165, 1.54) is 26.4 Å². The van der Waals surface area contributed by atoms with Crippen molar-refractivity contribution in [1.29, 1.82) is 0 Å². The lowest BCUT2D eigenvalue weighted by molar-refractivity contribution is 0.163. The maximum atomic E-state index is 5.11. The lowest BCUT2D eigenvalue weighted by atomic mass is 9.74. The summed E-state index contributed by atoms with van der Waals surface area (Å²) in [4.78, 5) is 0. The minimum absolute atomic E-state index is 0.597. The van der Waals surface area contributed by atoms with Crippen LogP contribution in [-0.4, -0.2) is 20.4 Å². The molecule has 0 bridgehead atoms. The lowest BCUT2D eigenvalue weighted by Gasteiger charge is -2.01. The highest BCUT2D eigenvalue weighted by atomic mass is 16.5. The molecule has 0 amide bonds. The minimum Gasteiger partial charge on any atom is -0.390 e. The van der Waals surface area contributed by atoms with Crippen molar-refractivity contribution in [3.8, 4) is 0 Å². The van der Waals surface area contributed by atoms with Crippen LogP contribution in [0.15, 0.2) is 0 Å². The van der Waals surface area contributed by atoms with Gasteiger partial charge in [0.2, 0.25) is 0 Å². The average molecular weight is 98.0 g/mol. The largest absolute Gasteiger partial charge is 0.390 e. The molecule has 1 saturated heterocycles. The Labute approximate surface area is 45.3 Å². The molecule has 7 heavy (non-hydrogen) atoms. The van der Waals surface area contributed by atoms with Crippen LogP contribution < -0.4 is 0 Å². The second-order valence-electron chi connectivity index (χ2n) is 2.14. The molecule has 0 saturated carbocycles. The summed E-state index contributed by atoms with van der Waals surface area (Å²) in [5.41, 5.74) is 0. The van der Waals surface area contributed by atoms with Gasteiger partial charge in [0.05, 0.1) is 0 Å². The number of ether oxygens (including phenoxy) is 1. The van der Waals surface area contributed by atoms with E-state index in [2.05, 4.69) is 0 Å². The van der Waals surface area contributed by atoms with Gasteiger partial charge in [0.15, 0.2) is 7.28 Å². The maximum Gasteiger partial charge on any atom is 0.157 e. The Hall–Kier alpha value is 0.0249. The van der Waals surface area contributed by atoms with E-state index < -0.39 is 0 Å². The summed E-state index contributed by atoms with van der Waals surface area (Å²) in [5.74, 6) is 0. The SMILES string of the molecule is COC1BCCC1. The molecule has 0 radical (unpaired) electrons. The Kier molecular flexibility index (Phi) is 1.74. The van der Waals surface area contributed by atoms with E-state index in [-0.39, 0.29) is 0 Å². The van der Waals surface area contributed by atoms with Crippen LogP contribution in [0.3, 0.4) is 0 Å². The average Bonchev–Trinajstić information content (AvgIpc) is 2.14. The molecule has 1 unspecified atom stereocenters. The van der Waals surface area contributed by atoms with Crippen LogP contribution in [0.25, 0.3) is 0 Å². The van der Waals surface area contributed by atoms with Crippen molar-refractivity contribution in [3.63, 3.8) is 0 Å². The normalized spacial score (nSPS) is 30.1. The summed E-state index contributed by atoms with van der Waals surface area (Å²) in [6.07, 6.45) is 4.04. The van der Waals surface area contributed by atoms with Crippen molar-refractivity contribution in [2.75, 3.05) is 7.11 Å². The monoisotopic (exact) mass is 98.1 g/mol. The Morgan fingerprint density at radius 1 is 1.71 bits per heavy atom. The molecule has 1 fully saturated rings. The lowest BCUT2D eigenvalue weighted by Crippen LogP contribution is -2.10. The molecule has 1 heterocycles. The zero-order valence-electron chi connectivity index (χ0n) is 4.81. The third kappa shape index (κ3) is 1.20. The van der Waals surface area contributed by atoms with Crippen molar-refractivity contribution in [3.05, 3.63) is 0 Å². The summed E-state index contributed by atoms with van der Waals surface area (Å²) in [5, 5.41) is 0. The third-order valence-corrected chi connectivity index (χ3v) is 1.64. The Morgan fingerprint density at radius 2 is 2.57 bits per heavy atom. The summed E-state index contributed by atoms with van der Waals surface area (Å²) < 4.78 is 5.11. The second-order valence-corrected chi connectivity index (χ2v) is 2.14. The molecule has 40 valence electrons. The van der Waals surface area contributed by atoms with E-state index in [0.717, 1.165) is 0 Å². The van der Waals surface area contributed by atoms with Gasteiger partial charge in [-0.3, -0.25) is 0 Å². The van der Waals surface area contributed by atoms with Crippen LogP contribution in [0.2, 0.25) is 6.32 Å². The molecule has 0 aromatic rings. The highest BCUT2D eigenvalue weighted by molar-refractivity contribution is 6.38. The fourth-order valence-electron chi connectivity index (χ4n) is 1.12. The van der Waals surface area contributed by atoms with Gasteiger partial charge in [-0.2, -0.15) is 0 Å². The van der Waals surface area contributed by atoms with Gasteiger partial charge < -0.3 is 4.74 Å². The van der Waals surface area contributed by atoms with Gasteiger partial charge in [0, 0.05) is 13.1 Å². The summed E-state index contributed by atoms with van der Waals surface area (Å²) in [6, 6.07) is 0.597. The molecule has 0 aromatic carbocycles. The number of hydrogen-bond donors (Lipinski definition) is 0. The van der Waals surface area contributed by atoms with E-state index in [0.29, 0.717) is 6.00 Å². The van der Waals surface area contributed by atoms with E-state index in [9.17, 15) is 0 Å². The van der Waals surface area contributed by atoms with Crippen molar-refractivity contribution >= 4 is 7.28 Å². The molecule has 0 N–H and O–H groups in total. The summed E-state index contributed by atoms with van der Waals surface area (Å²) in [6.45, 7) is 0. The van der Waals surface area contributed by atoms with Crippen LogP contribution in [0.4, 0.5) is 0 Å². The highest BCUT2D eigenvalue weighted by Gasteiger charge is 2.14. The van der Waals surface area contributed by atoms with Gasteiger partial charge in [-0.15, -0.1) is 0 Å². The van der Waals surface area contributed by atoms with E-state index >= 15 is 0 Å². The fourth-order valence-corrected chi connectivity index (χ4v) is 1.12. The Bertz CT molecular complexity index is 50.0. The summed E-state index contributed by atoms with van der Waals surface area (Å²) >= 11 is 0. The first kappa shape index (κ1) is 5.17. The first-order valence-electron chi connectivity index (χ1n) is 2.96. The van der Waals surface area contributed by atoms with Crippen LogP contribution in [-0.2, 0) is 4.74 Å². The standard InChI is InChI=1S/C5H11BO/c1-7-5-3-2-4-6-5/h5-6H,2-4H2,1H3. The number of hydrogen-bond acceptors (Lipinski definition) is 1. The van der Waals surface area contributed by atoms with Crippen molar-refractivity contribution in [2.45, 2.75) is 25.2 Å². The molecule has 1 atom stereocenters. The van der Waals surface area contributed by atoms with Crippen molar-refractivity contribution in [1.82, 2.24) is 0 Å². The topological polar surface area (TPSA) is 9.23 Å². The van der Waals surface area contributed by atoms with Crippen LogP contribution >= 0.6 is 0 Å². The summed E-state index contributed by atoms with van der Waals surface area (Å²) in [7, 11) is 3.09. The fraction of sp³-hybridized carbons (Fsp3) is 1.00. The van der Waals surface area contributed by atoms with Gasteiger partial charge in [-0.25, -0.2) is 0 Å². The molecular weight excluding hydrogens is 86.9 g/mol. The van der Waals surface area contributed by atoms with Gasteiger partial charge in [-0.1, -0.05) is 12.7 Å². The molecule has 1 nitrogen and oxygen atoms in total. The highest BCUT2D eigenvalue weighted by Crippen LogP contribution is 2.12. The molecule has 0 aromatic heterocycles. The predicted octanol–water partition coefficient (Wildman–Crippen LogP) is 0.607. The van der Waals surface area contributed by atoms with E-state index in [1.807, 2.05) is 0 Å². The maximum absolute atomic E-state index is 5.11. The zero-order chi connectivity index (χ0) is 5.11. The van der Waals surface area contributed by atoms with Gasteiger partial charge >= 0.3 is 0 Å². The first-order chi connectivity index (χ1) is 3.43. The van der Waals surface area contributed by atoms with Crippen molar-refractivity contribution < 1.29 is 4.74 Å². The Balaban J connectivity index is 2.14. The molecule has 0 aliphatic carbocycles. The van der Waals surface area contributed by atoms with Gasteiger partial charge in [-0.05, 0) is 6.42 Å². The Morgan fingerprint density at radius 3 is 2.86 bits per heavy atom. The first-order valence-corrected chi connectivity index (χ1v) is 2.96. The van der Waals surface area contributed by atoms with Crippen LogP contribution in [0, 0.1) is 0 Å². The molecular formula is C5H11BO. The van der Waals surface area contributed by atoms with Gasteiger partial charge in [0.25, 0.3) is 0 Å². The van der Waals surface area contributed by atoms with E-state index in [4.69, 9.17) is 4.74 Å². The minimum atomic E-state index is 0.597. The number of rotatable bonds is 1. The molecule has 1 aliphatic rings. The third-order valence-electron chi connectivity index (χ3n) is 1.64. The second kappa shape index (κ2) is 2.36. The van der Waals surface area contributed by atoms with Gasteiger partial charge in [0.1, 0.15) is 0 Å². The molecule has 1 aliphatic heterocycles. The van der Waals surface area contributed by atoms with Crippen molar-refractivity contribution in [2.24, 2.45) is 0 Å². The van der Waals surface area contributed by atoms with E-state index in [1.54, 1.807) is 7.11 Å². The molecule has 1 rings (SSSR count).